The zero-order chi connectivity index (χ0) is 76.7. The molecule has 17 nitrogen and oxygen atoms in total. The molecule has 0 aromatic carbocycles. The van der Waals surface area contributed by atoms with Crippen molar-refractivity contribution in [1.29, 1.82) is 0 Å². The van der Waals surface area contributed by atoms with Gasteiger partial charge in [0.1, 0.15) is 19.3 Å². The summed E-state index contributed by atoms with van der Waals surface area (Å²) in [5.74, 6) is 0.982. The van der Waals surface area contributed by atoms with Crippen LogP contribution in [0.2, 0.25) is 0 Å². The average molecular weight is 1520 g/mol. The van der Waals surface area contributed by atoms with Gasteiger partial charge in [0.05, 0.1) is 26.4 Å². The molecule has 0 bridgehead atoms. The summed E-state index contributed by atoms with van der Waals surface area (Å²) in [4.78, 5) is 73.1. The van der Waals surface area contributed by atoms with Crippen LogP contribution in [0, 0.1) is 23.7 Å². The number of hydrogen-bond acceptors (Lipinski definition) is 15. The van der Waals surface area contributed by atoms with E-state index >= 15 is 0 Å². The van der Waals surface area contributed by atoms with Gasteiger partial charge in [-0.3, -0.25) is 37.3 Å². The summed E-state index contributed by atoms with van der Waals surface area (Å²) in [5, 5.41) is 10.7. The van der Waals surface area contributed by atoms with E-state index in [1.165, 1.54) is 238 Å². The lowest BCUT2D eigenvalue weighted by Crippen LogP contribution is -2.30. The maximum atomic E-state index is 13.1. The van der Waals surface area contributed by atoms with Crippen molar-refractivity contribution in [2.24, 2.45) is 23.7 Å². The molecule has 5 atom stereocenters. The molecule has 0 aromatic heterocycles. The van der Waals surface area contributed by atoms with Crippen LogP contribution in [-0.4, -0.2) is 96.7 Å². The van der Waals surface area contributed by atoms with Crippen LogP contribution in [0.15, 0.2) is 0 Å². The van der Waals surface area contributed by atoms with Crippen molar-refractivity contribution in [3.63, 3.8) is 0 Å². The lowest BCUT2D eigenvalue weighted by Gasteiger charge is -2.21. The molecular formula is C85H166O17P2. The Kier molecular flexibility index (Phi) is 72.5. The third-order valence-corrected chi connectivity index (χ3v) is 21.7. The topological polar surface area (TPSA) is 237 Å². The molecule has 0 heterocycles. The SMILES string of the molecule is CC(C)CCCCCCCCCCCCCCCCCCCCC(=O)OC[C@H](COP(=O)(O)OCC(O)COP(=O)(O)OC[C@@H](COC(=O)CCCCCCCCC(C)C)OC(=O)CCCCCCCCCCCCCCCCC(C)C)OC(=O)CCCCCCCCCCCCCCCCC(C)C. The van der Waals surface area contributed by atoms with Crippen LogP contribution in [0.5, 0.6) is 0 Å². The fraction of sp³-hybridized carbons (Fsp3) is 0.953. The lowest BCUT2D eigenvalue weighted by molar-refractivity contribution is -0.161. The fourth-order valence-electron chi connectivity index (χ4n) is 13.1. The molecule has 0 aliphatic carbocycles. The van der Waals surface area contributed by atoms with Crippen LogP contribution in [0.3, 0.4) is 0 Å². The second kappa shape index (κ2) is 73.8. The van der Waals surface area contributed by atoms with Crippen LogP contribution in [0.1, 0.15) is 441 Å². The zero-order valence-corrected chi connectivity index (χ0v) is 70.5. The Labute approximate surface area is 638 Å². The van der Waals surface area contributed by atoms with Gasteiger partial charge in [-0.15, -0.1) is 0 Å². The predicted octanol–water partition coefficient (Wildman–Crippen LogP) is 25.6. The maximum absolute atomic E-state index is 13.1. The molecule has 0 fully saturated rings. The van der Waals surface area contributed by atoms with E-state index in [2.05, 4.69) is 55.4 Å². The molecule has 3 N–H and O–H groups in total. The van der Waals surface area contributed by atoms with Gasteiger partial charge >= 0.3 is 39.5 Å². The van der Waals surface area contributed by atoms with Crippen molar-refractivity contribution in [1.82, 2.24) is 0 Å². The number of rotatable bonds is 82. The van der Waals surface area contributed by atoms with E-state index < -0.39 is 97.5 Å². The standard InChI is InChI=1S/C85H166O17P2/c1-75(2)61-53-45-37-31-25-19-13-11-9-10-12-14-22-28-34-40-49-57-65-82(87)95-71-80(101-84(89)67-59-51-41-35-29-23-17-15-20-26-32-38-46-54-62-76(3)4)73-99-103(91,92)97-69-79(86)70-98-104(93,94)100-74-81(72-96-83(88)66-58-50-44-43-48-56-64-78(7)8)102-85(90)68-60-52-42-36-30-24-18-16-21-27-33-39-47-55-63-77(5)6/h75-81,86H,9-74H2,1-8H3,(H,91,92)(H,93,94)/t79?,80-,81-/m1/s1. The number of aliphatic hydroxyl groups excluding tert-OH is 1. The number of unbranched alkanes of at least 4 members (excludes halogenated alkanes) is 48. The molecular weight excluding hydrogens is 1350 g/mol. The molecule has 618 valence electrons. The molecule has 0 aliphatic rings. The van der Waals surface area contributed by atoms with Gasteiger partial charge in [0, 0.05) is 25.7 Å². The Morgan fingerprint density at radius 2 is 0.404 bits per heavy atom. The monoisotopic (exact) mass is 1520 g/mol. The van der Waals surface area contributed by atoms with Crippen LogP contribution in [0.25, 0.3) is 0 Å². The average Bonchev–Trinajstić information content (AvgIpc) is 0.915. The first kappa shape index (κ1) is 102. The highest BCUT2D eigenvalue weighted by molar-refractivity contribution is 7.47. The Balaban J connectivity index is 5.20. The molecule has 0 saturated carbocycles. The van der Waals surface area contributed by atoms with Gasteiger partial charge in [-0.1, -0.05) is 389 Å². The second-order valence-electron chi connectivity index (χ2n) is 32.5. The van der Waals surface area contributed by atoms with Crippen molar-refractivity contribution < 1.29 is 80.2 Å². The largest absolute Gasteiger partial charge is 0.472 e. The molecule has 0 spiro atoms. The first-order valence-corrected chi connectivity index (χ1v) is 46.7. The Morgan fingerprint density at radius 1 is 0.240 bits per heavy atom. The molecule has 0 aliphatic heterocycles. The highest BCUT2D eigenvalue weighted by Gasteiger charge is 2.30. The van der Waals surface area contributed by atoms with Crippen LogP contribution in [-0.2, 0) is 65.4 Å². The van der Waals surface area contributed by atoms with Gasteiger partial charge in [-0.05, 0) is 49.4 Å². The molecule has 0 radical (unpaired) electrons. The summed E-state index contributed by atoms with van der Waals surface area (Å²) in [7, 11) is -9.93. The van der Waals surface area contributed by atoms with E-state index in [0.717, 1.165) is 114 Å². The van der Waals surface area contributed by atoms with Gasteiger partial charge in [0.15, 0.2) is 12.2 Å². The van der Waals surface area contributed by atoms with Crippen molar-refractivity contribution in [3.05, 3.63) is 0 Å². The number of hydrogen-bond donors (Lipinski definition) is 3. The summed E-state index contributed by atoms with van der Waals surface area (Å²) >= 11 is 0. The van der Waals surface area contributed by atoms with Crippen LogP contribution >= 0.6 is 15.6 Å². The number of carbonyl (C=O) groups excluding carboxylic acids is 4. The van der Waals surface area contributed by atoms with E-state index in [-0.39, 0.29) is 25.7 Å². The summed E-state index contributed by atoms with van der Waals surface area (Å²) in [6, 6.07) is 0. The molecule has 0 rings (SSSR count). The second-order valence-corrected chi connectivity index (χ2v) is 35.4. The normalized spacial score (nSPS) is 14.0. The number of phosphoric ester groups is 2. The molecule has 19 heteroatoms. The molecule has 0 amide bonds. The van der Waals surface area contributed by atoms with Crippen molar-refractivity contribution in [2.45, 2.75) is 459 Å². The summed E-state index contributed by atoms with van der Waals surface area (Å²) < 4.78 is 68.8. The number of carbonyl (C=O) groups is 4. The third-order valence-electron chi connectivity index (χ3n) is 19.8. The number of esters is 4. The number of aliphatic hydroxyl groups is 1. The minimum atomic E-state index is -4.97. The maximum Gasteiger partial charge on any atom is 0.472 e. The first-order valence-electron chi connectivity index (χ1n) is 43.7. The summed E-state index contributed by atoms with van der Waals surface area (Å²) in [6.45, 7) is 14.3. The summed E-state index contributed by atoms with van der Waals surface area (Å²) in [6.07, 6.45) is 62.7. The smallest absolute Gasteiger partial charge is 0.462 e. The predicted molar refractivity (Wildman–Crippen MR) is 428 cm³/mol. The van der Waals surface area contributed by atoms with E-state index in [9.17, 15) is 43.2 Å². The highest BCUT2D eigenvalue weighted by Crippen LogP contribution is 2.45. The lowest BCUT2D eigenvalue weighted by atomic mass is 10.0. The minimum Gasteiger partial charge on any atom is -0.462 e. The van der Waals surface area contributed by atoms with Gasteiger partial charge in [-0.2, -0.15) is 0 Å². The van der Waals surface area contributed by atoms with Gasteiger partial charge in [0.25, 0.3) is 0 Å². The Morgan fingerprint density at radius 3 is 0.596 bits per heavy atom. The summed E-state index contributed by atoms with van der Waals surface area (Å²) in [5.41, 5.74) is 0. The Hall–Kier alpha value is -1.94. The van der Waals surface area contributed by atoms with Gasteiger partial charge in [0.2, 0.25) is 0 Å². The first-order chi connectivity index (χ1) is 50.1. The molecule has 0 saturated heterocycles. The molecule has 104 heavy (non-hydrogen) atoms. The van der Waals surface area contributed by atoms with Gasteiger partial charge < -0.3 is 33.8 Å². The van der Waals surface area contributed by atoms with Crippen LogP contribution < -0.4 is 0 Å². The van der Waals surface area contributed by atoms with Crippen LogP contribution in [0.4, 0.5) is 0 Å². The van der Waals surface area contributed by atoms with E-state index in [0.29, 0.717) is 31.6 Å². The van der Waals surface area contributed by atoms with E-state index in [4.69, 9.17) is 37.0 Å². The number of ether oxygens (including phenoxy) is 4. The third kappa shape index (κ3) is 78.2. The molecule has 0 aromatic rings. The van der Waals surface area contributed by atoms with Gasteiger partial charge in [-0.25, -0.2) is 9.13 Å². The van der Waals surface area contributed by atoms with E-state index in [1.54, 1.807) is 0 Å². The molecule has 3 unspecified atom stereocenters. The van der Waals surface area contributed by atoms with E-state index in [1.807, 2.05) is 0 Å². The van der Waals surface area contributed by atoms with Crippen molar-refractivity contribution >= 4 is 39.5 Å². The zero-order valence-electron chi connectivity index (χ0n) is 68.7. The van der Waals surface area contributed by atoms with Crippen molar-refractivity contribution in [3.8, 4) is 0 Å². The Bertz CT molecular complexity index is 2020. The van der Waals surface area contributed by atoms with Crippen molar-refractivity contribution in [2.75, 3.05) is 39.6 Å². The minimum absolute atomic E-state index is 0.106. The quantitative estimate of drug-likeness (QED) is 0.0222. The number of phosphoric acid groups is 2. The fourth-order valence-corrected chi connectivity index (χ4v) is 14.7. The highest BCUT2D eigenvalue weighted by atomic mass is 31.2.